The minimum absolute atomic E-state index is 0.242. The number of hydrogen-bond acceptors (Lipinski definition) is 7. The number of fused-ring (bicyclic) bond motifs is 1. The van der Waals surface area contributed by atoms with Crippen LogP contribution in [0.5, 0.6) is 5.88 Å². The monoisotopic (exact) mass is 482 g/mol. The topological polar surface area (TPSA) is 108 Å². The number of nitrogens with one attached hydrogen (secondary N) is 1. The van der Waals surface area contributed by atoms with Crippen LogP contribution >= 0.6 is 0 Å². The number of rotatable bonds is 10. The third-order valence-electron chi connectivity index (χ3n) is 5.72. The lowest BCUT2D eigenvalue weighted by molar-refractivity contribution is 0.0952. The van der Waals surface area contributed by atoms with Crippen molar-refractivity contribution in [3.05, 3.63) is 90.4 Å². The van der Waals surface area contributed by atoms with Crippen molar-refractivity contribution >= 4 is 16.9 Å². The fourth-order valence-corrected chi connectivity index (χ4v) is 3.84. The van der Waals surface area contributed by atoms with E-state index in [2.05, 4.69) is 27.3 Å². The number of unbranched alkanes of at least 4 members (excludes halogenated alkanes) is 1. The highest BCUT2D eigenvalue weighted by Gasteiger charge is 2.19. The molecule has 1 amide bonds. The Kier molecular flexibility index (Phi) is 6.98. The van der Waals surface area contributed by atoms with Crippen molar-refractivity contribution in [2.45, 2.75) is 32.9 Å². The molecule has 0 radical (unpaired) electrons. The number of ether oxygens (including phenoxy) is 1. The van der Waals surface area contributed by atoms with E-state index in [1.165, 1.54) is 0 Å². The fourth-order valence-electron chi connectivity index (χ4n) is 3.84. The molecule has 0 aliphatic carbocycles. The lowest BCUT2D eigenvalue weighted by atomic mass is 10.1. The number of carbonyl (C=O) groups is 1. The van der Waals surface area contributed by atoms with Gasteiger partial charge in [0.15, 0.2) is 5.65 Å². The van der Waals surface area contributed by atoms with Crippen molar-refractivity contribution in [1.29, 1.82) is 0 Å². The van der Waals surface area contributed by atoms with Gasteiger partial charge in [-0.3, -0.25) is 9.78 Å². The van der Waals surface area contributed by atoms with E-state index in [0.717, 1.165) is 29.7 Å². The molecule has 9 nitrogen and oxygen atoms in total. The van der Waals surface area contributed by atoms with Crippen LogP contribution in [-0.4, -0.2) is 37.2 Å². The SMILES string of the molecule is CCCCOc1ncccc1CNC(=O)c1cc(-c2cccnc2)nc2c1cnn2Cc1ccco1. The molecule has 5 heterocycles. The number of carbonyl (C=O) groups excluding carboxylic acids is 1. The molecule has 5 aromatic rings. The minimum Gasteiger partial charge on any atom is -0.477 e. The first kappa shape index (κ1) is 23.2. The first-order valence-corrected chi connectivity index (χ1v) is 11.9. The smallest absolute Gasteiger partial charge is 0.252 e. The van der Waals surface area contributed by atoms with E-state index in [0.29, 0.717) is 41.3 Å². The predicted octanol–water partition coefficient (Wildman–Crippen LogP) is 4.64. The maximum absolute atomic E-state index is 13.4. The molecule has 5 rings (SSSR count). The standard InChI is InChI=1S/C27H26N6O3/c1-2-3-12-36-27-20(8-5-11-29-27)16-30-26(34)22-14-24(19-7-4-10-28-15-19)32-25-23(22)17-31-33(25)18-21-9-6-13-35-21/h4-11,13-15,17H,2-3,12,16,18H2,1H3,(H,30,34). The van der Waals surface area contributed by atoms with Crippen LogP contribution in [-0.2, 0) is 13.1 Å². The number of hydrogen-bond donors (Lipinski definition) is 1. The molecule has 5 aromatic heterocycles. The van der Waals surface area contributed by atoms with Gasteiger partial charge < -0.3 is 14.5 Å². The summed E-state index contributed by atoms with van der Waals surface area (Å²) < 4.78 is 13.0. The number of nitrogens with zero attached hydrogens (tertiary/aromatic N) is 5. The molecule has 0 bridgehead atoms. The maximum Gasteiger partial charge on any atom is 0.252 e. The van der Waals surface area contributed by atoms with Crippen molar-refractivity contribution < 1.29 is 13.9 Å². The van der Waals surface area contributed by atoms with Gasteiger partial charge in [0, 0.05) is 36.3 Å². The summed E-state index contributed by atoms with van der Waals surface area (Å²) in [5.74, 6) is 1.04. The summed E-state index contributed by atoms with van der Waals surface area (Å²) >= 11 is 0. The van der Waals surface area contributed by atoms with Crippen molar-refractivity contribution in [2.24, 2.45) is 0 Å². The summed E-state index contributed by atoms with van der Waals surface area (Å²) in [6, 6.07) is 13.0. The molecule has 1 N–H and O–H groups in total. The minimum atomic E-state index is -0.242. The van der Waals surface area contributed by atoms with Crippen LogP contribution in [0.3, 0.4) is 0 Å². The highest BCUT2D eigenvalue weighted by atomic mass is 16.5. The average molecular weight is 483 g/mol. The summed E-state index contributed by atoms with van der Waals surface area (Å²) in [5, 5.41) is 8.15. The molecule has 0 saturated carbocycles. The number of amides is 1. The number of furan rings is 1. The van der Waals surface area contributed by atoms with Gasteiger partial charge in [0.1, 0.15) is 12.3 Å². The second-order valence-corrected chi connectivity index (χ2v) is 8.27. The quantitative estimate of drug-likeness (QED) is 0.289. The van der Waals surface area contributed by atoms with E-state index in [9.17, 15) is 4.79 Å². The van der Waals surface area contributed by atoms with Crippen molar-refractivity contribution in [1.82, 2.24) is 30.0 Å². The van der Waals surface area contributed by atoms with Crippen LogP contribution in [0.4, 0.5) is 0 Å². The van der Waals surface area contributed by atoms with Gasteiger partial charge in [-0.1, -0.05) is 19.4 Å². The molecule has 0 spiro atoms. The van der Waals surface area contributed by atoms with Gasteiger partial charge in [0.25, 0.3) is 5.91 Å². The molecule has 0 aliphatic heterocycles. The zero-order chi connectivity index (χ0) is 24.7. The Labute approximate surface area is 208 Å². The Morgan fingerprint density at radius 2 is 2.06 bits per heavy atom. The van der Waals surface area contributed by atoms with E-state index in [4.69, 9.17) is 14.1 Å². The van der Waals surface area contributed by atoms with Gasteiger partial charge in [-0.25, -0.2) is 14.6 Å². The van der Waals surface area contributed by atoms with Gasteiger partial charge in [-0.2, -0.15) is 5.10 Å². The molecule has 0 unspecified atom stereocenters. The maximum atomic E-state index is 13.4. The highest BCUT2D eigenvalue weighted by Crippen LogP contribution is 2.25. The molecule has 182 valence electrons. The van der Waals surface area contributed by atoms with Crippen LogP contribution in [0.2, 0.25) is 0 Å². The second kappa shape index (κ2) is 10.8. The normalized spacial score (nSPS) is 11.0. The highest BCUT2D eigenvalue weighted by molar-refractivity contribution is 6.06. The second-order valence-electron chi connectivity index (χ2n) is 8.27. The van der Waals surface area contributed by atoms with E-state index < -0.39 is 0 Å². The molecule has 0 aliphatic rings. The Balaban J connectivity index is 1.46. The molecular weight excluding hydrogens is 456 g/mol. The first-order chi connectivity index (χ1) is 17.7. The van der Waals surface area contributed by atoms with Crippen molar-refractivity contribution in [3.63, 3.8) is 0 Å². The molecule has 9 heteroatoms. The molecule has 0 saturated heterocycles. The van der Waals surface area contributed by atoms with Crippen LogP contribution in [0, 0.1) is 0 Å². The third-order valence-corrected chi connectivity index (χ3v) is 5.72. The summed E-state index contributed by atoms with van der Waals surface area (Å²) in [5.41, 5.74) is 3.31. The summed E-state index contributed by atoms with van der Waals surface area (Å²) in [6.07, 6.45) is 10.4. The first-order valence-electron chi connectivity index (χ1n) is 11.9. The van der Waals surface area contributed by atoms with Crippen LogP contribution < -0.4 is 10.1 Å². The molecule has 0 atom stereocenters. The molecule has 0 fully saturated rings. The Bertz CT molecular complexity index is 1450. The summed E-state index contributed by atoms with van der Waals surface area (Å²) in [7, 11) is 0. The summed E-state index contributed by atoms with van der Waals surface area (Å²) in [6.45, 7) is 3.37. The Hall–Kier alpha value is -4.53. The van der Waals surface area contributed by atoms with E-state index in [1.54, 1.807) is 41.8 Å². The molecule has 36 heavy (non-hydrogen) atoms. The fraction of sp³-hybridized carbons (Fsp3) is 0.222. The van der Waals surface area contributed by atoms with Crippen molar-refractivity contribution in [3.8, 4) is 17.1 Å². The number of pyridine rings is 3. The van der Waals surface area contributed by atoms with Crippen LogP contribution in [0.25, 0.3) is 22.3 Å². The third kappa shape index (κ3) is 5.10. The van der Waals surface area contributed by atoms with Gasteiger partial charge in [-0.05, 0) is 42.8 Å². The van der Waals surface area contributed by atoms with E-state index >= 15 is 0 Å². The van der Waals surface area contributed by atoms with Gasteiger partial charge in [-0.15, -0.1) is 0 Å². The largest absolute Gasteiger partial charge is 0.477 e. The molecule has 0 aromatic carbocycles. The Morgan fingerprint density at radius 3 is 2.86 bits per heavy atom. The summed E-state index contributed by atoms with van der Waals surface area (Å²) in [4.78, 5) is 26.8. The van der Waals surface area contributed by atoms with Gasteiger partial charge >= 0.3 is 0 Å². The van der Waals surface area contributed by atoms with E-state index in [-0.39, 0.29) is 12.5 Å². The van der Waals surface area contributed by atoms with Gasteiger partial charge in [0.2, 0.25) is 5.88 Å². The Morgan fingerprint density at radius 1 is 1.14 bits per heavy atom. The zero-order valence-corrected chi connectivity index (χ0v) is 19.9. The zero-order valence-electron chi connectivity index (χ0n) is 19.9. The molecular formula is C27H26N6O3. The van der Waals surface area contributed by atoms with Gasteiger partial charge in [0.05, 0.1) is 35.7 Å². The lowest BCUT2D eigenvalue weighted by Gasteiger charge is -2.12. The number of aromatic nitrogens is 5. The van der Waals surface area contributed by atoms with Crippen LogP contribution in [0.1, 0.15) is 41.4 Å². The van der Waals surface area contributed by atoms with Crippen molar-refractivity contribution in [2.75, 3.05) is 6.61 Å². The predicted molar refractivity (Wildman–Crippen MR) is 134 cm³/mol. The lowest BCUT2D eigenvalue weighted by Crippen LogP contribution is -2.24. The van der Waals surface area contributed by atoms with Crippen LogP contribution in [0.15, 0.2) is 77.9 Å². The van der Waals surface area contributed by atoms with E-state index in [1.807, 2.05) is 36.4 Å². The average Bonchev–Trinajstić information content (AvgIpc) is 3.58.